The van der Waals surface area contributed by atoms with Gasteiger partial charge in [0.15, 0.2) is 0 Å². The molecule has 0 aromatic heterocycles. The van der Waals surface area contributed by atoms with E-state index in [-0.39, 0.29) is 4.90 Å². The molecule has 1 rings (SSSR count). The van der Waals surface area contributed by atoms with Gasteiger partial charge in [0, 0.05) is 0 Å². The average molecular weight is 200 g/mol. The molecule has 5 heteroatoms. The minimum Gasteiger partial charge on any atom is -0.478 e. The Morgan fingerprint density at radius 1 is 1.31 bits per heavy atom. The molecule has 0 heterocycles. The van der Waals surface area contributed by atoms with Crippen LogP contribution in [0.4, 0.5) is 0 Å². The van der Waals surface area contributed by atoms with Gasteiger partial charge in [-0.25, -0.2) is 9.00 Å². The zero-order valence-electron chi connectivity index (χ0n) is 6.58. The quantitative estimate of drug-likeness (QED) is 0.689. The fraction of sp³-hybridized carbons (Fsp3) is 0. The molecular weight excluding hydrogens is 192 g/mol. The highest BCUT2D eigenvalue weighted by Gasteiger charge is 2.07. The average Bonchev–Trinajstić information content (AvgIpc) is 2.04. The normalized spacial score (nSPS) is 14.5. The van der Waals surface area contributed by atoms with Crippen LogP contribution >= 0.6 is 0 Å². The minimum atomic E-state index is -3.53. The topological polar surface area (TPSA) is 74.6 Å². The van der Waals surface area contributed by atoms with Crippen molar-refractivity contribution in [1.82, 2.24) is 0 Å². The van der Waals surface area contributed by atoms with Gasteiger partial charge in [0.05, 0.1) is 4.90 Å². The number of aliphatic carboxylic acids is 1. The standard InChI is InChI=1S/C8H8O4S/c9-8(10)6-13(11,12)7-4-2-1-3-5-7/h1-6H,(H,9,10)(H,11,12). The molecule has 0 aliphatic rings. The number of carbonyl (C=O) groups is 1. The highest BCUT2D eigenvalue weighted by Crippen LogP contribution is 2.06. The summed E-state index contributed by atoms with van der Waals surface area (Å²) >= 11 is 0. The number of hydrogen-bond donors (Lipinski definition) is 2. The lowest BCUT2D eigenvalue weighted by atomic mass is 10.4. The maximum Gasteiger partial charge on any atom is 0.339 e. The zero-order valence-corrected chi connectivity index (χ0v) is 7.40. The SMILES string of the molecule is O=C(O)C=S(=O)(O)c1ccccc1. The van der Waals surface area contributed by atoms with Gasteiger partial charge in [-0.3, -0.25) is 0 Å². The molecule has 0 bridgehead atoms. The summed E-state index contributed by atoms with van der Waals surface area (Å²) in [6.07, 6.45) is 0. The first-order chi connectivity index (χ1) is 6.02. The van der Waals surface area contributed by atoms with Crippen molar-refractivity contribution in [3.8, 4) is 0 Å². The Bertz CT molecular complexity index is 415. The van der Waals surface area contributed by atoms with Crippen LogP contribution in [0.25, 0.3) is 0 Å². The molecule has 0 spiro atoms. The van der Waals surface area contributed by atoms with E-state index in [1.54, 1.807) is 18.2 Å². The Balaban J connectivity index is 3.24. The summed E-state index contributed by atoms with van der Waals surface area (Å²) in [6.45, 7) is 0. The van der Waals surface area contributed by atoms with Gasteiger partial charge in [0.25, 0.3) is 0 Å². The maximum atomic E-state index is 11.3. The lowest BCUT2D eigenvalue weighted by Gasteiger charge is -2.00. The summed E-state index contributed by atoms with van der Waals surface area (Å²) in [5, 5.41) is 8.71. The Morgan fingerprint density at radius 3 is 2.31 bits per heavy atom. The zero-order chi connectivity index (χ0) is 9.90. The number of hydrogen-bond acceptors (Lipinski definition) is 2. The van der Waals surface area contributed by atoms with Crippen molar-refractivity contribution in [2.45, 2.75) is 4.90 Å². The van der Waals surface area contributed by atoms with Crippen molar-refractivity contribution in [3.05, 3.63) is 30.3 Å². The number of carboxylic acid groups (broad SMARTS) is 1. The monoisotopic (exact) mass is 200 g/mol. The summed E-state index contributed by atoms with van der Waals surface area (Å²) in [7, 11) is -3.53. The second-order valence-corrected chi connectivity index (χ2v) is 4.18. The third-order valence-electron chi connectivity index (χ3n) is 1.34. The number of rotatable bonds is 2. The van der Waals surface area contributed by atoms with Crippen LogP contribution in [0.15, 0.2) is 35.2 Å². The van der Waals surface area contributed by atoms with Crippen molar-refractivity contribution in [2.24, 2.45) is 0 Å². The Labute approximate surface area is 75.7 Å². The van der Waals surface area contributed by atoms with Gasteiger partial charge in [-0.2, -0.15) is 0 Å². The lowest BCUT2D eigenvalue weighted by molar-refractivity contribution is -0.128. The highest BCUT2D eigenvalue weighted by atomic mass is 32.2. The molecular formula is C8H8O4S. The number of carboxylic acids is 1. The van der Waals surface area contributed by atoms with Crippen molar-refractivity contribution >= 4 is 21.1 Å². The van der Waals surface area contributed by atoms with Crippen LogP contribution in [-0.4, -0.2) is 25.2 Å². The van der Waals surface area contributed by atoms with E-state index >= 15 is 0 Å². The van der Waals surface area contributed by atoms with E-state index in [0.717, 1.165) is 0 Å². The molecule has 0 aliphatic carbocycles. The van der Waals surface area contributed by atoms with Crippen molar-refractivity contribution in [2.75, 3.05) is 0 Å². The van der Waals surface area contributed by atoms with Crippen LogP contribution in [0.5, 0.6) is 0 Å². The Hall–Kier alpha value is -1.33. The summed E-state index contributed by atoms with van der Waals surface area (Å²) in [5.41, 5.74) is 0. The van der Waals surface area contributed by atoms with Crippen molar-refractivity contribution in [3.63, 3.8) is 0 Å². The molecule has 70 valence electrons. The van der Waals surface area contributed by atoms with E-state index in [2.05, 4.69) is 0 Å². The molecule has 0 saturated heterocycles. The fourth-order valence-corrected chi connectivity index (χ4v) is 1.78. The molecule has 4 nitrogen and oxygen atoms in total. The summed E-state index contributed by atoms with van der Waals surface area (Å²) in [4.78, 5) is 10.3. The molecule has 1 atom stereocenters. The predicted molar refractivity (Wildman–Crippen MR) is 49.2 cm³/mol. The van der Waals surface area contributed by atoms with E-state index in [1.165, 1.54) is 12.1 Å². The van der Waals surface area contributed by atoms with Crippen molar-refractivity contribution < 1.29 is 18.7 Å². The largest absolute Gasteiger partial charge is 0.478 e. The lowest BCUT2D eigenvalue weighted by Crippen LogP contribution is -2.09. The van der Waals surface area contributed by atoms with Crippen LogP contribution < -0.4 is 0 Å². The first-order valence-electron chi connectivity index (χ1n) is 3.42. The van der Waals surface area contributed by atoms with Gasteiger partial charge in [0.2, 0.25) is 0 Å². The van der Waals surface area contributed by atoms with Gasteiger partial charge >= 0.3 is 5.97 Å². The summed E-state index contributed by atoms with van der Waals surface area (Å²) in [5.74, 6) is -1.41. The van der Waals surface area contributed by atoms with Crippen LogP contribution in [0, 0.1) is 0 Å². The van der Waals surface area contributed by atoms with Gasteiger partial charge in [-0.05, 0) is 12.1 Å². The summed E-state index contributed by atoms with van der Waals surface area (Å²) < 4.78 is 20.6. The molecule has 0 amide bonds. The second-order valence-electron chi connectivity index (χ2n) is 2.34. The van der Waals surface area contributed by atoms with Gasteiger partial charge in [-0.1, -0.05) is 18.2 Å². The summed E-state index contributed by atoms with van der Waals surface area (Å²) in [6, 6.07) is 7.63. The molecule has 2 N–H and O–H groups in total. The third-order valence-corrected chi connectivity index (χ3v) is 2.81. The molecule has 1 aromatic carbocycles. The fourth-order valence-electron chi connectivity index (χ4n) is 0.820. The van der Waals surface area contributed by atoms with Gasteiger partial charge < -0.3 is 9.66 Å². The van der Waals surface area contributed by atoms with E-state index < -0.39 is 15.8 Å². The Morgan fingerprint density at radius 2 is 1.85 bits per heavy atom. The first-order valence-corrected chi connectivity index (χ1v) is 4.99. The maximum absolute atomic E-state index is 11.3. The molecule has 13 heavy (non-hydrogen) atoms. The van der Waals surface area contributed by atoms with Crippen molar-refractivity contribution in [1.29, 1.82) is 0 Å². The molecule has 0 aliphatic heterocycles. The molecule has 0 fully saturated rings. The van der Waals surface area contributed by atoms with Crippen LogP contribution in [0.1, 0.15) is 0 Å². The highest BCUT2D eigenvalue weighted by molar-refractivity contribution is 7.97. The van der Waals surface area contributed by atoms with E-state index in [9.17, 15) is 13.6 Å². The van der Waals surface area contributed by atoms with E-state index in [1.807, 2.05) is 0 Å². The van der Waals surface area contributed by atoms with Crippen LogP contribution in [0.2, 0.25) is 0 Å². The second kappa shape index (κ2) is 3.59. The number of benzene rings is 1. The van der Waals surface area contributed by atoms with Crippen LogP contribution in [-0.2, 0) is 14.6 Å². The van der Waals surface area contributed by atoms with Gasteiger partial charge in [0.1, 0.15) is 15.2 Å². The molecule has 0 saturated carbocycles. The van der Waals surface area contributed by atoms with E-state index in [0.29, 0.717) is 5.37 Å². The van der Waals surface area contributed by atoms with Gasteiger partial charge in [-0.15, -0.1) is 0 Å². The third kappa shape index (κ3) is 2.57. The van der Waals surface area contributed by atoms with Crippen LogP contribution in [0.3, 0.4) is 0 Å². The smallest absolute Gasteiger partial charge is 0.339 e. The molecule has 1 aromatic rings. The predicted octanol–water partition coefficient (Wildman–Crippen LogP) is 0.690. The molecule has 0 radical (unpaired) electrons. The Kier molecular flexibility index (Phi) is 2.69. The first kappa shape index (κ1) is 9.76. The molecule has 1 unspecified atom stereocenters. The minimum absolute atomic E-state index is 0.0948. The van der Waals surface area contributed by atoms with E-state index in [4.69, 9.17) is 5.11 Å².